The van der Waals surface area contributed by atoms with E-state index in [4.69, 9.17) is 9.84 Å². The second-order valence-corrected chi connectivity index (χ2v) is 18.5. The molecule has 0 spiro atoms. The summed E-state index contributed by atoms with van der Waals surface area (Å²) < 4.78 is 11.4. The van der Waals surface area contributed by atoms with E-state index >= 15 is 0 Å². The van der Waals surface area contributed by atoms with Crippen molar-refractivity contribution in [2.75, 3.05) is 22.0 Å². The van der Waals surface area contributed by atoms with Gasteiger partial charge in [0.1, 0.15) is 0 Å². The molecule has 12 aromatic rings. The van der Waals surface area contributed by atoms with Crippen LogP contribution < -0.4 is 19.7 Å². The fourth-order valence-corrected chi connectivity index (χ4v) is 11.3. The number of hydrazone groups is 1. The van der Waals surface area contributed by atoms with Gasteiger partial charge in [-0.25, -0.2) is 0 Å². The molecular weight excluding hydrogens is 1080 g/mol. The zero-order valence-electron chi connectivity index (χ0n) is 39.3. The molecule has 0 atom stereocenters. The van der Waals surface area contributed by atoms with Gasteiger partial charge in [-0.2, -0.15) is 17.2 Å². The number of benzene rings is 10. The summed E-state index contributed by atoms with van der Waals surface area (Å²) in [6, 6.07) is 82.8. The van der Waals surface area contributed by atoms with Crippen LogP contribution in [0.5, 0.6) is 11.5 Å². The molecule has 10 aromatic carbocycles. The Balaban J connectivity index is 0.00000493. The van der Waals surface area contributed by atoms with E-state index in [-0.39, 0.29) is 21.1 Å². The number of fused-ring (bicyclic) bond motifs is 13. The maximum atomic E-state index is 6.82. The van der Waals surface area contributed by atoms with Crippen molar-refractivity contribution in [3.05, 3.63) is 238 Å². The minimum absolute atomic E-state index is 0. The molecule has 3 aliphatic heterocycles. The summed E-state index contributed by atoms with van der Waals surface area (Å²) in [6.07, 6.45) is 1.81. The van der Waals surface area contributed by atoms with Crippen molar-refractivity contribution in [1.82, 2.24) is 14.1 Å². The summed E-state index contributed by atoms with van der Waals surface area (Å²) in [6.45, 7) is 4.15. The van der Waals surface area contributed by atoms with Crippen molar-refractivity contribution >= 4 is 72.7 Å². The molecule has 0 radical (unpaired) electrons. The van der Waals surface area contributed by atoms with Crippen LogP contribution in [-0.4, -0.2) is 27.5 Å². The van der Waals surface area contributed by atoms with E-state index in [0.717, 1.165) is 78.1 Å². The Morgan fingerprint density at radius 1 is 0.466 bits per heavy atom. The Morgan fingerprint density at radius 3 is 1.86 bits per heavy atom. The van der Waals surface area contributed by atoms with Crippen LogP contribution in [0.15, 0.2) is 217 Å². The van der Waals surface area contributed by atoms with Gasteiger partial charge in [0.2, 0.25) is 0 Å². The van der Waals surface area contributed by atoms with E-state index in [9.17, 15) is 0 Å². The van der Waals surface area contributed by atoms with Crippen LogP contribution in [0.25, 0.3) is 93.8 Å². The first kappa shape index (κ1) is 43.0. The molecule has 0 saturated carbocycles. The molecule has 0 unspecified atom stereocenters. The molecule has 0 aliphatic carbocycles. The minimum Gasteiger partial charge on any atom is -0.509 e. The number of para-hydroxylation sites is 5. The molecule has 73 heavy (non-hydrogen) atoms. The van der Waals surface area contributed by atoms with Crippen LogP contribution in [-0.2, 0) is 21.1 Å². The van der Waals surface area contributed by atoms with E-state index in [0.29, 0.717) is 11.5 Å². The van der Waals surface area contributed by atoms with Crippen LogP contribution >= 0.6 is 0 Å². The average molecular weight is 1120 g/mol. The van der Waals surface area contributed by atoms with Gasteiger partial charge in [-0.1, -0.05) is 157 Å². The van der Waals surface area contributed by atoms with Crippen LogP contribution in [0.4, 0.5) is 22.7 Å². The molecule has 9 heteroatoms. The van der Waals surface area contributed by atoms with Crippen LogP contribution in [0.2, 0.25) is 0 Å². The van der Waals surface area contributed by atoms with Crippen LogP contribution in [0.3, 0.4) is 0 Å². The first-order valence-electron chi connectivity index (χ1n) is 24.2. The largest absolute Gasteiger partial charge is 4.00 e. The first-order valence-corrected chi connectivity index (χ1v) is 24.2. The number of anilines is 4. The Morgan fingerprint density at radius 2 is 1.10 bits per heavy atom. The molecule has 8 nitrogen and oxygen atoms in total. The van der Waals surface area contributed by atoms with Gasteiger partial charge in [0.15, 0.2) is 0 Å². The molecule has 348 valence electrons. The molecule has 5 heterocycles. The molecule has 2 aromatic heterocycles. The van der Waals surface area contributed by atoms with Crippen molar-refractivity contribution in [2.24, 2.45) is 5.10 Å². The molecule has 0 N–H and O–H groups in total. The average Bonchev–Trinajstić information content (AvgIpc) is 4.20. The SMILES string of the molecule is CN1C=NN(n2c3[c-]c(Oc4[c-]c(N5[CH-]N(c6c(-c7ccccc7)cccc6-c6ccccc6)c6ccccc65)ccc4)ccc3c3c4c(ccc32)-n2c3ccccc3c3cccc(c32)-c2ccccc2-4)[CH-]1.[Pt+4]. The maximum absolute atomic E-state index is 6.82. The number of aromatic nitrogens is 2. The van der Waals surface area contributed by atoms with Gasteiger partial charge < -0.3 is 29.1 Å². The second kappa shape index (κ2) is 16.9. The number of hydrogen-bond acceptors (Lipinski definition) is 6. The van der Waals surface area contributed by atoms with Gasteiger partial charge >= 0.3 is 21.1 Å². The van der Waals surface area contributed by atoms with Crippen molar-refractivity contribution < 1.29 is 25.8 Å². The van der Waals surface area contributed by atoms with Gasteiger partial charge in [0.25, 0.3) is 0 Å². The Kier molecular flexibility index (Phi) is 9.95. The number of rotatable bonds is 7. The predicted molar refractivity (Wildman–Crippen MR) is 294 cm³/mol. The third kappa shape index (κ3) is 6.60. The fourth-order valence-electron chi connectivity index (χ4n) is 11.3. The molecule has 0 bridgehead atoms. The third-order valence-electron chi connectivity index (χ3n) is 14.3. The van der Waals surface area contributed by atoms with Gasteiger partial charge in [-0.05, 0) is 70.5 Å². The minimum atomic E-state index is 0. The van der Waals surface area contributed by atoms with Crippen molar-refractivity contribution in [3.63, 3.8) is 0 Å². The van der Waals surface area contributed by atoms with Gasteiger partial charge in [-0.15, -0.1) is 49.4 Å². The predicted octanol–water partition coefficient (Wildman–Crippen LogP) is 15.6. The fraction of sp³-hybridized carbons (Fsp3) is 0.0156. The van der Waals surface area contributed by atoms with Crippen LogP contribution in [0, 0.1) is 25.5 Å². The van der Waals surface area contributed by atoms with Crippen LogP contribution in [0.1, 0.15) is 0 Å². The van der Waals surface area contributed by atoms with E-state index in [1.165, 1.54) is 38.5 Å². The maximum Gasteiger partial charge on any atom is 4.00 e. The Bertz CT molecular complexity index is 4140. The number of ether oxygens (including phenoxy) is 1. The normalized spacial score (nSPS) is 13.4. The number of nitrogens with zero attached hydrogens (tertiary/aromatic N) is 7. The summed E-state index contributed by atoms with van der Waals surface area (Å²) >= 11 is 0. The Labute approximate surface area is 436 Å². The monoisotopic (exact) mass is 1120 g/mol. The van der Waals surface area contributed by atoms with Crippen molar-refractivity contribution in [2.45, 2.75) is 0 Å². The smallest absolute Gasteiger partial charge is 0.509 e. The summed E-state index contributed by atoms with van der Waals surface area (Å²) in [5.41, 5.74) is 18.7. The van der Waals surface area contributed by atoms with Crippen molar-refractivity contribution in [3.8, 4) is 61.7 Å². The topological polar surface area (TPSA) is 44.4 Å². The molecule has 0 amide bonds. The van der Waals surface area contributed by atoms with E-state index in [2.05, 4.69) is 232 Å². The zero-order chi connectivity index (χ0) is 47.4. The van der Waals surface area contributed by atoms with Crippen molar-refractivity contribution in [1.29, 1.82) is 0 Å². The standard InChI is InChI=1S/C64H41N7O.Pt/c1-66-39-65-69(40-66)71-59-36-35-58-61(51-25-9-8-23-49(51)52-28-16-29-53-50-24-10-11-30-55(50)70(58)64(52)53)62(59)54-34-33-46(38-60(54)71)72-45-22-14-21-44(37-45)67-41-68(57-32-13-12-31-56(57)67)63-47(42-17-4-2-5-18-42)26-15-27-48(63)43-19-6-3-7-20-43;/h2-36,39-41H,1H3;/q-4;+4. The molecule has 0 saturated heterocycles. The second-order valence-electron chi connectivity index (χ2n) is 18.5. The van der Waals surface area contributed by atoms with E-state index < -0.39 is 0 Å². The van der Waals surface area contributed by atoms with Gasteiger partial charge in [0.05, 0.1) is 28.6 Å². The van der Waals surface area contributed by atoms with Gasteiger partial charge in [0, 0.05) is 61.6 Å². The van der Waals surface area contributed by atoms with E-state index in [1.807, 2.05) is 48.3 Å². The zero-order valence-corrected chi connectivity index (χ0v) is 41.6. The number of hydrogen-bond donors (Lipinski definition) is 0. The molecular formula is C64H41N7OPt. The third-order valence-corrected chi connectivity index (χ3v) is 14.3. The summed E-state index contributed by atoms with van der Waals surface area (Å²) in [5.74, 6) is 1.13. The Hall–Kier alpha value is -8.84. The quantitative estimate of drug-likeness (QED) is 0.149. The molecule has 0 fully saturated rings. The van der Waals surface area contributed by atoms with Gasteiger partial charge in [-0.3, -0.25) is 4.68 Å². The summed E-state index contributed by atoms with van der Waals surface area (Å²) in [4.78, 5) is 6.47. The first-order chi connectivity index (χ1) is 35.6. The summed E-state index contributed by atoms with van der Waals surface area (Å²) in [5, 5.41) is 11.4. The van der Waals surface area contributed by atoms with E-state index in [1.54, 1.807) is 0 Å². The molecule has 3 aliphatic rings. The molecule has 15 rings (SSSR count). The summed E-state index contributed by atoms with van der Waals surface area (Å²) in [7, 11) is 1.99.